The minimum Gasteiger partial charge on any atom is -0.295 e. The third-order valence-electron chi connectivity index (χ3n) is 4.62. The van der Waals surface area contributed by atoms with E-state index < -0.39 is 23.2 Å². The summed E-state index contributed by atoms with van der Waals surface area (Å²) in [5.74, 6) is -0.543. The second kappa shape index (κ2) is 7.35. The van der Waals surface area contributed by atoms with Crippen LogP contribution in [0.2, 0.25) is 0 Å². The molecule has 8 nitrogen and oxygen atoms in total. The molecule has 2 heterocycles. The monoisotopic (exact) mass is 428 g/mol. The Balaban J connectivity index is 1.87. The number of fused-ring (bicyclic) bond motifs is 1. The Bertz CT molecular complexity index is 1370. The fourth-order valence-electron chi connectivity index (χ4n) is 3.14. The predicted molar refractivity (Wildman–Crippen MR) is 106 cm³/mol. The van der Waals surface area contributed by atoms with Crippen LogP contribution in [-0.2, 0) is 20.3 Å². The van der Waals surface area contributed by atoms with E-state index in [9.17, 15) is 22.8 Å². The first kappa shape index (κ1) is 20.3. The van der Waals surface area contributed by atoms with Crippen LogP contribution < -0.4 is 10.9 Å². The first-order valence-electron chi connectivity index (χ1n) is 8.99. The number of amides is 1. The second-order valence-corrected chi connectivity index (χ2v) is 6.78. The molecule has 0 saturated heterocycles. The number of hydrogen-bond donors (Lipinski definition) is 1. The molecular formula is C20H15F3N6O2. The highest BCUT2D eigenvalue weighted by molar-refractivity contribution is 6.11. The van der Waals surface area contributed by atoms with E-state index in [1.807, 2.05) is 0 Å². The van der Waals surface area contributed by atoms with Crippen molar-refractivity contribution in [2.24, 2.45) is 14.1 Å². The summed E-state index contributed by atoms with van der Waals surface area (Å²) in [5.41, 5.74) is -1.14. The molecule has 1 N–H and O–H groups in total. The van der Waals surface area contributed by atoms with Crippen LogP contribution in [0.15, 0.2) is 53.6 Å². The molecule has 2 aromatic carbocycles. The molecule has 0 saturated carbocycles. The highest BCUT2D eigenvalue weighted by atomic mass is 19.4. The van der Waals surface area contributed by atoms with Gasteiger partial charge in [-0.2, -0.15) is 13.2 Å². The summed E-state index contributed by atoms with van der Waals surface area (Å²) >= 11 is 0. The van der Waals surface area contributed by atoms with Crippen molar-refractivity contribution in [3.63, 3.8) is 0 Å². The number of halogens is 3. The summed E-state index contributed by atoms with van der Waals surface area (Å²) in [6.07, 6.45) is -3.15. The smallest absolute Gasteiger partial charge is 0.295 e. The molecular weight excluding hydrogens is 413 g/mol. The molecule has 4 rings (SSSR count). The van der Waals surface area contributed by atoms with Crippen molar-refractivity contribution in [3.05, 3.63) is 70.3 Å². The SMILES string of the molecule is Cn1cnc(NC(=O)c2cccc3c(=O)n(C)c(-c4cccc(C(F)(F)F)c4)nc23)n1. The Kier molecular flexibility index (Phi) is 4.80. The molecule has 1 amide bonds. The average Bonchev–Trinajstić information content (AvgIpc) is 3.14. The first-order valence-corrected chi connectivity index (χ1v) is 8.99. The zero-order chi connectivity index (χ0) is 22.3. The maximum atomic E-state index is 13.1. The van der Waals surface area contributed by atoms with E-state index >= 15 is 0 Å². The van der Waals surface area contributed by atoms with E-state index in [0.29, 0.717) is 0 Å². The lowest BCUT2D eigenvalue weighted by atomic mass is 10.1. The van der Waals surface area contributed by atoms with Gasteiger partial charge in [-0.1, -0.05) is 18.2 Å². The van der Waals surface area contributed by atoms with Gasteiger partial charge in [-0.3, -0.25) is 24.2 Å². The summed E-state index contributed by atoms with van der Waals surface area (Å²) in [6.45, 7) is 0. The van der Waals surface area contributed by atoms with Gasteiger partial charge in [0.15, 0.2) is 0 Å². The topological polar surface area (TPSA) is 94.7 Å². The van der Waals surface area contributed by atoms with E-state index in [2.05, 4.69) is 20.4 Å². The lowest BCUT2D eigenvalue weighted by Crippen LogP contribution is -2.22. The molecule has 11 heteroatoms. The molecule has 0 fully saturated rings. The highest BCUT2D eigenvalue weighted by Crippen LogP contribution is 2.32. The molecule has 2 aromatic heterocycles. The van der Waals surface area contributed by atoms with E-state index in [4.69, 9.17) is 0 Å². The Morgan fingerprint density at radius 3 is 2.52 bits per heavy atom. The van der Waals surface area contributed by atoms with Crippen molar-refractivity contribution in [1.82, 2.24) is 24.3 Å². The number of aryl methyl sites for hydroxylation is 1. The Hall–Kier alpha value is -4.02. The van der Waals surface area contributed by atoms with Crippen molar-refractivity contribution in [2.45, 2.75) is 6.18 Å². The average molecular weight is 428 g/mol. The number of carbonyl (C=O) groups excluding carboxylic acids is 1. The van der Waals surface area contributed by atoms with Crippen molar-refractivity contribution in [1.29, 1.82) is 0 Å². The summed E-state index contributed by atoms with van der Waals surface area (Å²) in [6, 6.07) is 8.98. The van der Waals surface area contributed by atoms with Gasteiger partial charge in [-0.15, -0.1) is 5.10 Å². The van der Waals surface area contributed by atoms with Crippen LogP contribution in [0, 0.1) is 0 Å². The predicted octanol–water partition coefficient (Wildman–Crippen LogP) is 3.00. The maximum Gasteiger partial charge on any atom is 0.416 e. The molecule has 0 aliphatic heterocycles. The number of benzene rings is 2. The maximum absolute atomic E-state index is 13.1. The summed E-state index contributed by atoms with van der Waals surface area (Å²) in [5, 5.41) is 6.63. The highest BCUT2D eigenvalue weighted by Gasteiger charge is 2.31. The van der Waals surface area contributed by atoms with E-state index in [1.165, 1.54) is 48.4 Å². The van der Waals surface area contributed by atoms with Gasteiger partial charge in [0.05, 0.1) is 22.0 Å². The number of alkyl halides is 3. The van der Waals surface area contributed by atoms with Crippen molar-refractivity contribution in [2.75, 3.05) is 5.32 Å². The Morgan fingerprint density at radius 1 is 1.10 bits per heavy atom. The molecule has 0 aliphatic carbocycles. The van der Waals surface area contributed by atoms with Crippen LogP contribution in [0.3, 0.4) is 0 Å². The van der Waals surface area contributed by atoms with Gasteiger partial charge in [-0.25, -0.2) is 9.97 Å². The zero-order valence-corrected chi connectivity index (χ0v) is 16.3. The van der Waals surface area contributed by atoms with Crippen LogP contribution in [0.4, 0.5) is 19.1 Å². The first-order chi connectivity index (χ1) is 14.6. The molecule has 0 unspecified atom stereocenters. The third kappa shape index (κ3) is 3.77. The lowest BCUT2D eigenvalue weighted by molar-refractivity contribution is -0.137. The number of nitrogens with zero attached hydrogens (tertiary/aromatic N) is 5. The number of hydrogen-bond acceptors (Lipinski definition) is 5. The number of carbonyl (C=O) groups is 1. The minimum atomic E-state index is -4.55. The molecule has 31 heavy (non-hydrogen) atoms. The van der Waals surface area contributed by atoms with Gasteiger partial charge in [-0.05, 0) is 24.3 Å². The van der Waals surface area contributed by atoms with Crippen molar-refractivity contribution >= 4 is 22.8 Å². The number of rotatable bonds is 3. The van der Waals surface area contributed by atoms with E-state index in [1.54, 1.807) is 7.05 Å². The van der Waals surface area contributed by atoms with Gasteiger partial charge >= 0.3 is 6.18 Å². The van der Waals surface area contributed by atoms with Crippen LogP contribution in [0.1, 0.15) is 15.9 Å². The van der Waals surface area contributed by atoms with Crippen LogP contribution in [0.25, 0.3) is 22.3 Å². The normalized spacial score (nSPS) is 11.6. The van der Waals surface area contributed by atoms with Gasteiger partial charge in [0, 0.05) is 19.7 Å². The van der Waals surface area contributed by atoms with E-state index in [0.717, 1.165) is 16.7 Å². The number of para-hydroxylation sites is 1. The van der Waals surface area contributed by atoms with Gasteiger partial charge in [0.25, 0.3) is 11.5 Å². The standard InChI is InChI=1S/C20H15F3N6O2/c1-28-10-24-19(27-28)26-17(30)13-7-4-8-14-15(13)25-16(29(2)18(14)31)11-5-3-6-12(9-11)20(21,22)23/h3-10H,1-2H3,(H,26,27,30). The van der Waals surface area contributed by atoms with Crippen LogP contribution >= 0.6 is 0 Å². The molecule has 0 radical (unpaired) electrons. The zero-order valence-electron chi connectivity index (χ0n) is 16.3. The molecule has 4 aromatic rings. The van der Waals surface area contributed by atoms with Crippen LogP contribution in [-0.4, -0.2) is 30.2 Å². The third-order valence-corrected chi connectivity index (χ3v) is 4.62. The van der Waals surface area contributed by atoms with Gasteiger partial charge in [0.2, 0.25) is 5.95 Å². The Labute approximate surface area is 173 Å². The van der Waals surface area contributed by atoms with E-state index in [-0.39, 0.29) is 33.8 Å². The van der Waals surface area contributed by atoms with Crippen molar-refractivity contribution in [3.8, 4) is 11.4 Å². The lowest BCUT2D eigenvalue weighted by Gasteiger charge is -2.13. The quantitative estimate of drug-likeness (QED) is 0.541. The number of nitrogens with one attached hydrogen (secondary N) is 1. The van der Waals surface area contributed by atoms with Crippen molar-refractivity contribution < 1.29 is 18.0 Å². The molecule has 0 spiro atoms. The molecule has 0 bridgehead atoms. The molecule has 158 valence electrons. The minimum absolute atomic E-state index is 0.000175. The Morgan fingerprint density at radius 2 is 1.84 bits per heavy atom. The summed E-state index contributed by atoms with van der Waals surface area (Å²) in [7, 11) is 3.04. The number of aromatic nitrogens is 5. The fourth-order valence-corrected chi connectivity index (χ4v) is 3.14. The second-order valence-electron chi connectivity index (χ2n) is 6.78. The summed E-state index contributed by atoms with van der Waals surface area (Å²) < 4.78 is 42.0. The summed E-state index contributed by atoms with van der Waals surface area (Å²) in [4.78, 5) is 34.0. The van der Waals surface area contributed by atoms with Gasteiger partial charge < -0.3 is 0 Å². The molecule has 0 aliphatic rings. The number of anilines is 1. The molecule has 0 atom stereocenters. The van der Waals surface area contributed by atoms with Gasteiger partial charge in [0.1, 0.15) is 12.2 Å². The van der Waals surface area contributed by atoms with Crippen LogP contribution in [0.5, 0.6) is 0 Å². The fraction of sp³-hybridized carbons (Fsp3) is 0.150. The largest absolute Gasteiger partial charge is 0.416 e.